The van der Waals surface area contributed by atoms with Crippen molar-refractivity contribution in [1.82, 2.24) is 4.90 Å². The zero-order chi connectivity index (χ0) is 8.89. The van der Waals surface area contributed by atoms with Gasteiger partial charge < -0.3 is 0 Å². The molecule has 2 bridgehead atoms. The van der Waals surface area contributed by atoms with Gasteiger partial charge in [0.25, 0.3) is 0 Å². The minimum Gasteiger partial charge on any atom is -0.298 e. The van der Waals surface area contributed by atoms with Crippen LogP contribution in [0, 0.1) is 5.41 Å². The minimum absolute atomic E-state index is 0.637. The number of hydrogen-bond donors (Lipinski definition) is 1. The smallest absolute Gasteiger partial charge is 0.0198 e. The molecule has 74 valence electrons. The number of nitrogens with zero attached hydrogens (tertiary/aromatic N) is 1. The van der Waals surface area contributed by atoms with Crippen molar-refractivity contribution in [3.8, 4) is 0 Å². The number of fused-ring (bicyclic) bond motifs is 2. The van der Waals surface area contributed by atoms with Crippen molar-refractivity contribution in [3.05, 3.63) is 0 Å². The molecule has 2 heterocycles. The molecule has 13 heavy (non-hydrogen) atoms. The first-order chi connectivity index (χ1) is 6.31. The zero-order valence-electron chi connectivity index (χ0n) is 7.91. The number of likely N-dealkylation sites (tertiary alicyclic amines) is 1. The van der Waals surface area contributed by atoms with E-state index in [-0.39, 0.29) is 0 Å². The number of thioether (sulfide) groups is 1. The summed E-state index contributed by atoms with van der Waals surface area (Å²) in [6, 6.07) is 0.923. The summed E-state index contributed by atoms with van der Waals surface area (Å²) >= 11 is 6.66. The maximum atomic E-state index is 4.47. The summed E-state index contributed by atoms with van der Waals surface area (Å²) in [5, 5.41) is 0.973. The maximum absolute atomic E-state index is 4.47. The van der Waals surface area contributed by atoms with Crippen molar-refractivity contribution in [2.45, 2.75) is 30.6 Å². The van der Waals surface area contributed by atoms with Crippen LogP contribution in [0.4, 0.5) is 0 Å². The molecule has 3 aliphatic rings. The lowest BCUT2D eigenvalue weighted by Crippen LogP contribution is -2.38. The molecule has 0 aromatic heterocycles. The van der Waals surface area contributed by atoms with Crippen molar-refractivity contribution >= 4 is 24.4 Å². The van der Waals surface area contributed by atoms with E-state index in [2.05, 4.69) is 29.3 Å². The molecule has 0 N–H and O–H groups in total. The van der Waals surface area contributed by atoms with Gasteiger partial charge in [-0.25, -0.2) is 0 Å². The first-order valence-corrected chi connectivity index (χ1v) is 6.96. The first kappa shape index (κ1) is 8.93. The van der Waals surface area contributed by atoms with E-state index in [1.54, 1.807) is 0 Å². The lowest BCUT2D eigenvalue weighted by atomic mass is 10.1. The van der Waals surface area contributed by atoms with Gasteiger partial charge in [-0.05, 0) is 30.4 Å². The summed E-state index contributed by atoms with van der Waals surface area (Å²) in [6.45, 7) is 2.71. The van der Waals surface area contributed by atoms with E-state index in [9.17, 15) is 0 Å². The third-order valence-electron chi connectivity index (χ3n) is 3.84. The van der Waals surface area contributed by atoms with Crippen LogP contribution in [0.25, 0.3) is 0 Å². The van der Waals surface area contributed by atoms with E-state index in [1.807, 2.05) is 0 Å². The predicted octanol–water partition coefficient (Wildman–Crippen LogP) is 1.89. The third-order valence-corrected chi connectivity index (χ3v) is 5.91. The molecule has 0 aromatic carbocycles. The molecule has 2 aliphatic heterocycles. The van der Waals surface area contributed by atoms with Gasteiger partial charge in [-0.3, -0.25) is 4.90 Å². The molecule has 0 spiro atoms. The first-order valence-electron chi connectivity index (χ1n) is 5.28. The number of rotatable bonds is 3. The second kappa shape index (κ2) is 3.07. The van der Waals surface area contributed by atoms with Crippen LogP contribution >= 0.6 is 24.4 Å². The molecule has 3 rings (SSSR count). The molecule has 0 aromatic rings. The second-order valence-corrected chi connectivity index (χ2v) is 6.58. The molecule has 2 unspecified atom stereocenters. The highest BCUT2D eigenvalue weighted by atomic mass is 32.2. The molecule has 2 atom stereocenters. The van der Waals surface area contributed by atoms with Crippen molar-refractivity contribution in [1.29, 1.82) is 0 Å². The zero-order valence-corrected chi connectivity index (χ0v) is 9.62. The van der Waals surface area contributed by atoms with Gasteiger partial charge in [0.05, 0.1) is 0 Å². The fourth-order valence-corrected chi connectivity index (χ4v) is 4.56. The van der Waals surface area contributed by atoms with E-state index in [0.717, 1.165) is 17.0 Å². The van der Waals surface area contributed by atoms with Gasteiger partial charge in [-0.1, -0.05) is 0 Å². The lowest BCUT2D eigenvalue weighted by molar-refractivity contribution is 0.225. The Bertz CT molecular complexity index is 215. The van der Waals surface area contributed by atoms with Gasteiger partial charge in [0.1, 0.15) is 0 Å². The lowest BCUT2D eigenvalue weighted by Gasteiger charge is -2.29. The van der Waals surface area contributed by atoms with Crippen LogP contribution in [-0.2, 0) is 0 Å². The Morgan fingerprint density at radius 2 is 2.31 bits per heavy atom. The highest BCUT2D eigenvalue weighted by Gasteiger charge is 2.47. The Hall–Kier alpha value is 0.660. The molecule has 2 saturated heterocycles. The molecule has 0 radical (unpaired) electrons. The van der Waals surface area contributed by atoms with E-state index in [1.165, 1.54) is 38.1 Å². The van der Waals surface area contributed by atoms with Crippen molar-refractivity contribution in [3.63, 3.8) is 0 Å². The Kier molecular flexibility index (Phi) is 2.11. The van der Waals surface area contributed by atoms with Gasteiger partial charge in [0.15, 0.2) is 0 Å². The van der Waals surface area contributed by atoms with E-state index in [4.69, 9.17) is 0 Å². The summed E-state index contributed by atoms with van der Waals surface area (Å²) in [5.74, 6) is 2.50. The van der Waals surface area contributed by atoms with Crippen LogP contribution in [-0.4, -0.2) is 40.8 Å². The normalized spacial score (nSPS) is 41.3. The largest absolute Gasteiger partial charge is 0.298 e. The topological polar surface area (TPSA) is 3.24 Å². The summed E-state index contributed by atoms with van der Waals surface area (Å²) in [6.07, 6.45) is 4.32. The van der Waals surface area contributed by atoms with E-state index in [0.29, 0.717) is 5.41 Å². The van der Waals surface area contributed by atoms with Crippen LogP contribution in [0.15, 0.2) is 0 Å². The van der Waals surface area contributed by atoms with Crippen molar-refractivity contribution in [2.75, 3.05) is 24.6 Å². The van der Waals surface area contributed by atoms with Crippen LogP contribution in [0.2, 0.25) is 0 Å². The van der Waals surface area contributed by atoms with Gasteiger partial charge in [0.2, 0.25) is 0 Å². The van der Waals surface area contributed by atoms with Crippen LogP contribution < -0.4 is 0 Å². The molecular formula is C10H17NS2. The standard InChI is InChI=1S/C10H17NS2/c12-7-10(1-2-10)6-11-4-9-3-8(11)5-13-9/h8-9,12H,1-7H2. The number of hydrogen-bond acceptors (Lipinski definition) is 3. The molecule has 1 nitrogen and oxygen atoms in total. The molecule has 3 fully saturated rings. The Labute approximate surface area is 90.0 Å². The average molecular weight is 215 g/mol. The Balaban J connectivity index is 1.62. The number of thiol groups is 1. The monoisotopic (exact) mass is 215 g/mol. The third kappa shape index (κ3) is 1.53. The van der Waals surface area contributed by atoms with Crippen LogP contribution in [0.3, 0.4) is 0 Å². The molecule has 3 heteroatoms. The summed E-state index contributed by atoms with van der Waals surface area (Å²) < 4.78 is 0. The highest BCUT2D eigenvalue weighted by molar-refractivity contribution is 8.00. The fourth-order valence-electron chi connectivity index (χ4n) is 2.65. The van der Waals surface area contributed by atoms with Gasteiger partial charge in [-0.2, -0.15) is 24.4 Å². The Morgan fingerprint density at radius 3 is 2.77 bits per heavy atom. The summed E-state index contributed by atoms with van der Waals surface area (Å²) in [7, 11) is 0. The maximum Gasteiger partial charge on any atom is 0.0198 e. The SMILES string of the molecule is SCC1(CN2CC3CC2CS3)CC1. The predicted molar refractivity (Wildman–Crippen MR) is 61.7 cm³/mol. The molecular weight excluding hydrogens is 198 g/mol. The second-order valence-electron chi connectivity index (χ2n) is 4.93. The van der Waals surface area contributed by atoms with Crippen LogP contribution in [0.5, 0.6) is 0 Å². The fraction of sp³-hybridized carbons (Fsp3) is 1.00. The summed E-state index contributed by atoms with van der Waals surface area (Å²) in [5.41, 5.74) is 0.637. The quantitative estimate of drug-likeness (QED) is 0.716. The molecule has 0 amide bonds. The van der Waals surface area contributed by atoms with Crippen molar-refractivity contribution in [2.24, 2.45) is 5.41 Å². The average Bonchev–Trinajstić information content (AvgIpc) is 2.62. The van der Waals surface area contributed by atoms with E-state index >= 15 is 0 Å². The van der Waals surface area contributed by atoms with Gasteiger partial charge in [0, 0.05) is 30.1 Å². The van der Waals surface area contributed by atoms with Gasteiger partial charge in [-0.15, -0.1) is 0 Å². The summed E-state index contributed by atoms with van der Waals surface area (Å²) in [4.78, 5) is 2.74. The van der Waals surface area contributed by atoms with Crippen molar-refractivity contribution < 1.29 is 0 Å². The van der Waals surface area contributed by atoms with Crippen LogP contribution in [0.1, 0.15) is 19.3 Å². The highest BCUT2D eigenvalue weighted by Crippen LogP contribution is 2.49. The van der Waals surface area contributed by atoms with Gasteiger partial charge >= 0.3 is 0 Å². The minimum atomic E-state index is 0.637. The molecule has 1 aliphatic carbocycles. The molecule has 1 saturated carbocycles. The Morgan fingerprint density at radius 1 is 1.46 bits per heavy atom. The van der Waals surface area contributed by atoms with E-state index < -0.39 is 0 Å².